The molecule has 0 aliphatic rings. The Hall–Kier alpha value is -1.85. The summed E-state index contributed by atoms with van der Waals surface area (Å²) in [5, 5.41) is 0. The smallest absolute Gasteiger partial charge is 0.308 e. The van der Waals surface area contributed by atoms with E-state index in [4.69, 9.17) is 21.7 Å². The maximum Gasteiger partial charge on any atom is 0.308 e. The lowest BCUT2D eigenvalue weighted by molar-refractivity contribution is -0.131. The molecule has 0 N–H and O–H groups in total. The average Bonchev–Trinajstić information content (AvgIpc) is 2.47. The van der Waals surface area contributed by atoms with Gasteiger partial charge in [0.25, 0.3) is 0 Å². The molecule has 0 saturated carbocycles. The van der Waals surface area contributed by atoms with Gasteiger partial charge in [0.15, 0.2) is 0 Å². The van der Waals surface area contributed by atoms with E-state index < -0.39 is 0 Å². The number of carbonyl (C=O) groups is 1. The van der Waals surface area contributed by atoms with Crippen LogP contribution in [0.4, 0.5) is 0 Å². The van der Waals surface area contributed by atoms with Crippen molar-refractivity contribution in [3.63, 3.8) is 0 Å². The maximum absolute atomic E-state index is 10.8. The molecule has 2 aromatic carbocycles. The van der Waals surface area contributed by atoms with Crippen LogP contribution >= 0.6 is 24.0 Å². The fourth-order valence-electron chi connectivity index (χ4n) is 1.58. The van der Waals surface area contributed by atoms with Crippen LogP contribution in [0.3, 0.4) is 0 Å². The summed E-state index contributed by atoms with van der Waals surface area (Å²) < 4.78 is 11.0. The Labute approximate surface area is 133 Å². The molecule has 2 rings (SSSR count). The Balaban J connectivity index is 1.82. The Morgan fingerprint density at radius 2 is 1.62 bits per heavy atom. The summed E-state index contributed by atoms with van der Waals surface area (Å²) in [5.74, 6) is 1.65. The zero-order chi connectivity index (χ0) is 15.1. The minimum atomic E-state index is -0.324. The molecule has 0 aromatic heterocycles. The molecule has 0 unspecified atom stereocenters. The lowest BCUT2D eigenvalue weighted by atomic mass is 10.2. The number of rotatable bonds is 4. The maximum atomic E-state index is 10.8. The van der Waals surface area contributed by atoms with Crippen molar-refractivity contribution in [2.24, 2.45) is 0 Å². The van der Waals surface area contributed by atoms with Gasteiger partial charge in [0, 0.05) is 12.7 Å². The summed E-state index contributed by atoms with van der Waals surface area (Å²) in [6, 6.07) is 16.8. The number of thiocarbonyl (C=S) groups is 1. The van der Waals surface area contributed by atoms with Gasteiger partial charge in [-0.05, 0) is 42.0 Å². The first-order valence-electron chi connectivity index (χ1n) is 6.30. The minimum Gasteiger partial charge on any atom is -0.440 e. The van der Waals surface area contributed by atoms with Crippen LogP contribution in [-0.4, -0.2) is 10.4 Å². The molecule has 0 bridgehead atoms. The lowest BCUT2D eigenvalue weighted by Gasteiger charge is -2.07. The number of thioether (sulfide) groups is 1. The van der Waals surface area contributed by atoms with E-state index in [0.29, 0.717) is 15.9 Å². The van der Waals surface area contributed by atoms with Crippen LogP contribution in [0.1, 0.15) is 12.5 Å². The molecule has 21 heavy (non-hydrogen) atoms. The Morgan fingerprint density at radius 3 is 2.24 bits per heavy atom. The van der Waals surface area contributed by atoms with E-state index in [0.717, 1.165) is 11.3 Å². The third-order valence-electron chi connectivity index (χ3n) is 2.49. The van der Waals surface area contributed by atoms with Gasteiger partial charge in [-0.15, -0.1) is 0 Å². The highest BCUT2D eigenvalue weighted by Gasteiger charge is 2.03. The van der Waals surface area contributed by atoms with Gasteiger partial charge in [0.1, 0.15) is 11.5 Å². The highest BCUT2D eigenvalue weighted by molar-refractivity contribution is 8.22. The molecular weight excluding hydrogens is 304 g/mol. The van der Waals surface area contributed by atoms with E-state index in [1.807, 2.05) is 42.5 Å². The van der Waals surface area contributed by atoms with Gasteiger partial charge in [-0.1, -0.05) is 42.1 Å². The van der Waals surface area contributed by atoms with Gasteiger partial charge in [-0.3, -0.25) is 4.79 Å². The number of ether oxygens (including phenoxy) is 2. The van der Waals surface area contributed by atoms with Crippen molar-refractivity contribution in [1.29, 1.82) is 0 Å². The molecular formula is C16H14O3S2. The Bertz CT molecular complexity index is 609. The number of para-hydroxylation sites is 1. The van der Waals surface area contributed by atoms with Gasteiger partial charge in [0.05, 0.1) is 0 Å². The van der Waals surface area contributed by atoms with Crippen LogP contribution in [0.5, 0.6) is 11.5 Å². The van der Waals surface area contributed by atoms with Crippen molar-refractivity contribution in [3.8, 4) is 11.5 Å². The molecule has 3 nitrogen and oxygen atoms in total. The van der Waals surface area contributed by atoms with E-state index in [1.54, 1.807) is 12.1 Å². The summed E-state index contributed by atoms with van der Waals surface area (Å²) in [4.78, 5) is 10.8. The summed E-state index contributed by atoms with van der Waals surface area (Å²) in [5.41, 5.74) is 1.08. The molecule has 2 aromatic rings. The van der Waals surface area contributed by atoms with Crippen LogP contribution in [0.2, 0.25) is 0 Å². The van der Waals surface area contributed by atoms with E-state index in [9.17, 15) is 4.79 Å². The van der Waals surface area contributed by atoms with Crippen LogP contribution in [0, 0.1) is 0 Å². The number of hydrogen-bond acceptors (Lipinski definition) is 5. The van der Waals surface area contributed by atoms with Crippen molar-refractivity contribution in [1.82, 2.24) is 0 Å². The molecule has 0 saturated heterocycles. The summed E-state index contributed by atoms with van der Waals surface area (Å²) in [6.07, 6.45) is 0. The molecule has 0 amide bonds. The van der Waals surface area contributed by atoms with E-state index in [-0.39, 0.29) is 5.97 Å². The molecule has 0 fully saturated rings. The molecule has 108 valence electrons. The molecule has 0 atom stereocenters. The van der Waals surface area contributed by atoms with Crippen LogP contribution in [0.25, 0.3) is 0 Å². The van der Waals surface area contributed by atoms with Gasteiger partial charge in [-0.25, -0.2) is 0 Å². The van der Waals surface area contributed by atoms with Crippen LogP contribution < -0.4 is 9.47 Å². The highest BCUT2D eigenvalue weighted by Crippen LogP contribution is 2.20. The summed E-state index contributed by atoms with van der Waals surface area (Å²) >= 11 is 6.63. The second kappa shape index (κ2) is 7.81. The minimum absolute atomic E-state index is 0.324. The van der Waals surface area contributed by atoms with Crippen molar-refractivity contribution in [2.45, 2.75) is 12.7 Å². The summed E-state index contributed by atoms with van der Waals surface area (Å²) in [7, 11) is 0. The van der Waals surface area contributed by atoms with Crippen molar-refractivity contribution < 1.29 is 14.3 Å². The zero-order valence-corrected chi connectivity index (χ0v) is 13.1. The fourth-order valence-corrected chi connectivity index (χ4v) is 2.48. The van der Waals surface area contributed by atoms with Gasteiger partial charge in [0.2, 0.25) is 4.38 Å². The normalized spacial score (nSPS) is 9.95. The predicted molar refractivity (Wildman–Crippen MR) is 88.7 cm³/mol. The highest BCUT2D eigenvalue weighted by atomic mass is 32.2. The van der Waals surface area contributed by atoms with Crippen molar-refractivity contribution in [3.05, 3.63) is 60.2 Å². The third kappa shape index (κ3) is 5.57. The monoisotopic (exact) mass is 318 g/mol. The average molecular weight is 318 g/mol. The lowest BCUT2D eigenvalue weighted by Crippen LogP contribution is -2.02. The fraction of sp³-hybridized carbons (Fsp3) is 0.125. The topological polar surface area (TPSA) is 35.5 Å². The van der Waals surface area contributed by atoms with E-state index in [2.05, 4.69) is 0 Å². The second-order valence-corrected chi connectivity index (χ2v) is 5.77. The predicted octanol–water partition coefficient (Wildman–Crippen LogP) is 4.21. The molecule has 0 aliphatic heterocycles. The quantitative estimate of drug-likeness (QED) is 0.479. The molecule has 0 radical (unpaired) electrons. The molecule has 0 heterocycles. The van der Waals surface area contributed by atoms with Gasteiger partial charge in [-0.2, -0.15) is 0 Å². The number of carbonyl (C=O) groups excluding carboxylic acids is 1. The number of esters is 1. The van der Waals surface area contributed by atoms with Crippen molar-refractivity contribution >= 4 is 34.3 Å². The largest absolute Gasteiger partial charge is 0.440 e. The molecule has 0 aliphatic carbocycles. The first kappa shape index (κ1) is 15.5. The Kier molecular flexibility index (Phi) is 5.78. The number of hydrogen-bond donors (Lipinski definition) is 0. The molecule has 5 heteroatoms. The zero-order valence-electron chi connectivity index (χ0n) is 11.4. The van der Waals surface area contributed by atoms with Gasteiger partial charge >= 0.3 is 5.97 Å². The number of benzene rings is 2. The summed E-state index contributed by atoms with van der Waals surface area (Å²) in [6.45, 7) is 1.38. The van der Waals surface area contributed by atoms with Crippen molar-refractivity contribution in [2.75, 3.05) is 0 Å². The van der Waals surface area contributed by atoms with E-state index >= 15 is 0 Å². The molecule has 0 spiro atoms. The van der Waals surface area contributed by atoms with E-state index in [1.165, 1.54) is 18.7 Å². The Morgan fingerprint density at radius 1 is 1.00 bits per heavy atom. The second-order valence-electron chi connectivity index (χ2n) is 4.19. The SMILES string of the molecule is CC(=O)Oc1ccc(CSC(=S)Oc2ccccc2)cc1. The third-order valence-corrected chi connectivity index (χ3v) is 3.72. The van der Waals surface area contributed by atoms with Gasteiger partial charge < -0.3 is 9.47 Å². The van der Waals surface area contributed by atoms with Crippen LogP contribution in [0.15, 0.2) is 54.6 Å². The standard InChI is InChI=1S/C16H14O3S2/c1-12(17)18-15-9-7-13(8-10-15)11-21-16(20)19-14-5-3-2-4-6-14/h2-10H,11H2,1H3. The first-order chi connectivity index (χ1) is 10.1. The first-order valence-corrected chi connectivity index (χ1v) is 7.70. The van der Waals surface area contributed by atoms with Crippen LogP contribution in [-0.2, 0) is 10.5 Å².